The van der Waals surface area contributed by atoms with Gasteiger partial charge in [0.05, 0.1) is 5.69 Å². The molecule has 9 heteroatoms. The van der Waals surface area contributed by atoms with Gasteiger partial charge in [-0.25, -0.2) is 4.98 Å². The molecule has 30 heavy (non-hydrogen) atoms. The first kappa shape index (κ1) is 22.3. The van der Waals surface area contributed by atoms with Crippen molar-refractivity contribution < 1.29 is 13.5 Å². The number of halogens is 2. The van der Waals surface area contributed by atoms with Crippen molar-refractivity contribution in [1.82, 2.24) is 15.2 Å². The molecule has 0 bridgehead atoms. The van der Waals surface area contributed by atoms with Crippen LogP contribution in [0.5, 0.6) is 5.75 Å². The second-order valence-corrected chi connectivity index (χ2v) is 8.02. The van der Waals surface area contributed by atoms with Gasteiger partial charge in [0.15, 0.2) is 11.1 Å². The number of benzene rings is 1. The van der Waals surface area contributed by atoms with Crippen LogP contribution in [0.4, 0.5) is 13.9 Å². The molecule has 1 fully saturated rings. The molecule has 0 amide bonds. The van der Waals surface area contributed by atoms with E-state index in [1.807, 2.05) is 18.9 Å². The second kappa shape index (κ2) is 11.1. The first-order chi connectivity index (χ1) is 14.5. The molecule has 0 atom stereocenters. The van der Waals surface area contributed by atoms with Crippen molar-refractivity contribution in [2.45, 2.75) is 39.3 Å². The average Bonchev–Trinajstić information content (AvgIpc) is 3.40. The number of ether oxygens (including phenoxy) is 1. The third kappa shape index (κ3) is 6.55. The lowest BCUT2D eigenvalue weighted by Gasteiger charge is -2.22. The number of nitrogens with one attached hydrogen (secondary N) is 1. The van der Waals surface area contributed by atoms with Crippen molar-refractivity contribution in [1.29, 1.82) is 0 Å². The average molecular weight is 438 g/mol. The highest BCUT2D eigenvalue weighted by molar-refractivity contribution is 7.13. The highest BCUT2D eigenvalue weighted by Gasteiger charge is 2.15. The number of guanidine groups is 1. The molecule has 1 aromatic heterocycles. The zero-order valence-electron chi connectivity index (χ0n) is 17.5. The van der Waals surface area contributed by atoms with E-state index in [1.54, 1.807) is 35.6 Å². The van der Waals surface area contributed by atoms with Gasteiger partial charge in [0.25, 0.3) is 0 Å². The van der Waals surface area contributed by atoms with E-state index in [-0.39, 0.29) is 5.75 Å². The van der Waals surface area contributed by atoms with Crippen LogP contribution in [0.3, 0.4) is 0 Å². The molecule has 164 valence electrons. The summed E-state index contributed by atoms with van der Waals surface area (Å²) in [5.41, 5.74) is 2.07. The van der Waals surface area contributed by atoms with E-state index in [0.717, 1.165) is 48.4 Å². The van der Waals surface area contributed by atoms with Crippen LogP contribution in [0, 0.1) is 0 Å². The SMILES string of the molecule is CCNC(=NCCc1csc(N2CCCC2)n1)N(C)Cc1ccc(OC(F)F)cc1. The Morgan fingerprint density at radius 2 is 2.03 bits per heavy atom. The van der Waals surface area contributed by atoms with Gasteiger partial charge >= 0.3 is 6.61 Å². The maximum atomic E-state index is 12.3. The van der Waals surface area contributed by atoms with Gasteiger partial charge in [-0.3, -0.25) is 4.99 Å². The summed E-state index contributed by atoms with van der Waals surface area (Å²) in [6, 6.07) is 6.68. The number of alkyl halides is 2. The van der Waals surface area contributed by atoms with E-state index in [1.165, 1.54) is 12.8 Å². The van der Waals surface area contributed by atoms with Crippen LogP contribution in [0.1, 0.15) is 31.0 Å². The smallest absolute Gasteiger partial charge is 0.387 e. The van der Waals surface area contributed by atoms with Crippen LogP contribution in [0.15, 0.2) is 34.6 Å². The number of nitrogens with zero attached hydrogens (tertiary/aromatic N) is 4. The second-order valence-electron chi connectivity index (χ2n) is 7.18. The van der Waals surface area contributed by atoms with Gasteiger partial charge in [-0.1, -0.05) is 12.1 Å². The standard InChI is InChI=1S/C21H29F2N5OS/c1-3-24-20(27(2)14-16-6-8-18(9-7-16)29-19(22)23)25-11-10-17-15-30-21(26-17)28-12-4-5-13-28/h6-9,15,19H,3-5,10-14H2,1-2H3,(H,24,25). The number of aromatic nitrogens is 1. The lowest BCUT2D eigenvalue weighted by atomic mass is 10.2. The number of hydrogen-bond donors (Lipinski definition) is 1. The molecule has 2 aromatic rings. The monoisotopic (exact) mass is 437 g/mol. The van der Waals surface area contributed by atoms with Gasteiger partial charge in [-0.15, -0.1) is 11.3 Å². The number of aliphatic imine (C=N–C) groups is 1. The fourth-order valence-electron chi connectivity index (χ4n) is 3.34. The fraction of sp³-hybridized carbons (Fsp3) is 0.524. The Hall–Kier alpha value is -2.42. The van der Waals surface area contributed by atoms with Gasteiger partial charge in [0.2, 0.25) is 0 Å². The number of thiazole rings is 1. The molecule has 0 spiro atoms. The zero-order valence-corrected chi connectivity index (χ0v) is 18.3. The Morgan fingerprint density at radius 3 is 2.70 bits per heavy atom. The molecule has 6 nitrogen and oxygen atoms in total. The van der Waals surface area contributed by atoms with E-state index in [4.69, 9.17) is 9.98 Å². The Bertz CT molecular complexity index is 806. The lowest BCUT2D eigenvalue weighted by molar-refractivity contribution is -0.0498. The summed E-state index contributed by atoms with van der Waals surface area (Å²) in [5.74, 6) is 0.967. The number of anilines is 1. The Balaban J connectivity index is 1.54. The maximum Gasteiger partial charge on any atom is 0.387 e. The van der Waals surface area contributed by atoms with Crippen molar-refractivity contribution in [2.75, 3.05) is 38.1 Å². The van der Waals surface area contributed by atoms with Crippen LogP contribution in [-0.4, -0.2) is 55.7 Å². The topological polar surface area (TPSA) is 53.0 Å². The summed E-state index contributed by atoms with van der Waals surface area (Å²) in [4.78, 5) is 13.9. The first-order valence-electron chi connectivity index (χ1n) is 10.3. The summed E-state index contributed by atoms with van der Waals surface area (Å²) in [6.07, 6.45) is 3.30. The quantitative estimate of drug-likeness (QED) is 0.475. The molecule has 1 aromatic carbocycles. The van der Waals surface area contributed by atoms with Gasteiger partial charge in [0.1, 0.15) is 5.75 Å². The van der Waals surface area contributed by atoms with Crippen LogP contribution in [0.25, 0.3) is 0 Å². The van der Waals surface area contributed by atoms with Crippen LogP contribution >= 0.6 is 11.3 Å². The van der Waals surface area contributed by atoms with E-state index in [2.05, 4.69) is 20.3 Å². The third-order valence-electron chi connectivity index (χ3n) is 4.81. The molecule has 0 saturated carbocycles. The molecular formula is C21H29F2N5OS. The summed E-state index contributed by atoms with van der Waals surface area (Å²) in [6.45, 7) is 3.46. The minimum absolute atomic E-state index is 0.161. The first-order valence-corrected chi connectivity index (χ1v) is 11.2. The molecule has 3 rings (SSSR count). The molecular weight excluding hydrogens is 408 g/mol. The van der Waals surface area contributed by atoms with Gasteiger partial charge in [0, 0.05) is 51.6 Å². The Morgan fingerprint density at radius 1 is 1.30 bits per heavy atom. The third-order valence-corrected chi connectivity index (χ3v) is 5.76. The van der Waals surface area contributed by atoms with Gasteiger partial charge in [-0.05, 0) is 37.5 Å². The van der Waals surface area contributed by atoms with Crippen LogP contribution in [-0.2, 0) is 13.0 Å². The van der Waals surface area contributed by atoms with Gasteiger partial charge in [-0.2, -0.15) is 8.78 Å². The minimum Gasteiger partial charge on any atom is -0.435 e. The van der Waals surface area contributed by atoms with Crippen molar-refractivity contribution in [3.63, 3.8) is 0 Å². The summed E-state index contributed by atoms with van der Waals surface area (Å²) in [7, 11) is 1.96. The zero-order chi connectivity index (χ0) is 21.3. The minimum atomic E-state index is -2.81. The lowest BCUT2D eigenvalue weighted by Crippen LogP contribution is -2.38. The molecule has 1 saturated heterocycles. The maximum absolute atomic E-state index is 12.3. The van der Waals surface area contributed by atoms with Crippen molar-refractivity contribution in [2.24, 2.45) is 4.99 Å². The highest BCUT2D eigenvalue weighted by atomic mass is 32.1. The highest BCUT2D eigenvalue weighted by Crippen LogP contribution is 2.24. The van der Waals surface area contributed by atoms with Crippen LogP contribution in [0.2, 0.25) is 0 Å². The van der Waals surface area contributed by atoms with Gasteiger partial charge < -0.3 is 19.9 Å². The Kier molecular flexibility index (Phi) is 8.24. The summed E-state index contributed by atoms with van der Waals surface area (Å²) < 4.78 is 29.0. The molecule has 0 aliphatic carbocycles. The Labute approximate surface area is 180 Å². The number of hydrogen-bond acceptors (Lipinski definition) is 5. The van der Waals surface area contributed by atoms with Crippen molar-refractivity contribution in [3.8, 4) is 5.75 Å². The van der Waals surface area contributed by atoms with E-state index >= 15 is 0 Å². The molecule has 1 aliphatic rings. The van der Waals surface area contributed by atoms with Crippen molar-refractivity contribution >= 4 is 22.4 Å². The normalized spacial score (nSPS) is 14.4. The molecule has 1 N–H and O–H groups in total. The summed E-state index contributed by atoms with van der Waals surface area (Å²) in [5, 5.41) is 6.55. The van der Waals surface area contributed by atoms with Crippen LogP contribution < -0.4 is 15.0 Å². The van der Waals surface area contributed by atoms with E-state index in [9.17, 15) is 8.78 Å². The molecule has 2 heterocycles. The molecule has 0 radical (unpaired) electrons. The molecule has 0 unspecified atom stereocenters. The number of rotatable bonds is 9. The predicted octanol–water partition coefficient (Wildman–Crippen LogP) is 3.98. The fourth-order valence-corrected chi connectivity index (χ4v) is 4.25. The molecule has 1 aliphatic heterocycles. The van der Waals surface area contributed by atoms with E-state index < -0.39 is 6.61 Å². The summed E-state index contributed by atoms with van der Waals surface area (Å²) >= 11 is 1.71. The largest absolute Gasteiger partial charge is 0.435 e. The van der Waals surface area contributed by atoms with Crippen molar-refractivity contribution in [3.05, 3.63) is 40.9 Å². The predicted molar refractivity (Wildman–Crippen MR) is 118 cm³/mol. The van der Waals surface area contributed by atoms with E-state index in [0.29, 0.717) is 13.1 Å².